The van der Waals surface area contributed by atoms with E-state index in [0.29, 0.717) is 17.8 Å². The van der Waals surface area contributed by atoms with Gasteiger partial charge in [0.15, 0.2) is 0 Å². The summed E-state index contributed by atoms with van der Waals surface area (Å²) in [6, 6.07) is 13.2. The minimum Gasteiger partial charge on any atom is -0.352 e. The van der Waals surface area contributed by atoms with Gasteiger partial charge in [-0.25, -0.2) is 8.42 Å². The number of nitrogens with one attached hydrogen (secondary N) is 2. The van der Waals surface area contributed by atoms with E-state index in [9.17, 15) is 13.2 Å². The Bertz CT molecular complexity index is 838. The number of benzene rings is 2. The first-order valence-corrected chi connectivity index (χ1v) is 9.88. The second-order valence-corrected chi connectivity index (χ2v) is 8.01. The van der Waals surface area contributed by atoms with Gasteiger partial charge in [-0.1, -0.05) is 17.7 Å². The number of halogens is 1. The van der Waals surface area contributed by atoms with Gasteiger partial charge in [-0.05, 0) is 63.3 Å². The predicted molar refractivity (Wildman–Crippen MR) is 111 cm³/mol. The summed E-state index contributed by atoms with van der Waals surface area (Å²) in [6.07, 6.45) is 0.845. The summed E-state index contributed by atoms with van der Waals surface area (Å²) in [5, 5.41) is 5.85. The highest BCUT2D eigenvalue weighted by molar-refractivity contribution is 7.92. The number of hydrogen-bond acceptors (Lipinski definition) is 4. The van der Waals surface area contributed by atoms with Gasteiger partial charge in [-0.3, -0.25) is 9.10 Å². The van der Waals surface area contributed by atoms with Crippen molar-refractivity contribution in [1.29, 1.82) is 0 Å². The summed E-state index contributed by atoms with van der Waals surface area (Å²) >= 11 is 0. The Hall–Kier alpha value is -2.09. The molecule has 2 aromatic rings. The molecule has 148 valence electrons. The van der Waals surface area contributed by atoms with E-state index < -0.39 is 10.0 Å². The minimum absolute atomic E-state index is 0. The van der Waals surface area contributed by atoms with Crippen LogP contribution in [-0.4, -0.2) is 41.5 Å². The Kier molecular flexibility index (Phi) is 8.75. The van der Waals surface area contributed by atoms with Gasteiger partial charge in [0.1, 0.15) is 0 Å². The highest BCUT2D eigenvalue weighted by atomic mass is 35.5. The molecule has 0 saturated carbocycles. The number of nitrogens with zero attached hydrogens (tertiary/aromatic N) is 1. The quantitative estimate of drug-likeness (QED) is 0.654. The Morgan fingerprint density at radius 1 is 1.00 bits per heavy atom. The van der Waals surface area contributed by atoms with Crippen LogP contribution >= 0.6 is 12.4 Å². The zero-order chi connectivity index (χ0) is 19.2. The second kappa shape index (κ2) is 10.3. The molecule has 0 unspecified atom stereocenters. The Balaban J connectivity index is 0.00000364. The molecule has 1 amide bonds. The van der Waals surface area contributed by atoms with E-state index in [1.54, 1.807) is 48.5 Å². The van der Waals surface area contributed by atoms with Crippen molar-refractivity contribution in [3.8, 4) is 0 Å². The predicted octanol–water partition coefficient (Wildman–Crippen LogP) is 2.58. The van der Waals surface area contributed by atoms with Crippen LogP contribution in [-0.2, 0) is 10.0 Å². The maximum absolute atomic E-state index is 12.7. The van der Waals surface area contributed by atoms with Crippen molar-refractivity contribution < 1.29 is 13.2 Å². The van der Waals surface area contributed by atoms with Gasteiger partial charge in [0.05, 0.1) is 10.6 Å². The number of aryl methyl sites for hydroxylation is 1. The summed E-state index contributed by atoms with van der Waals surface area (Å²) < 4.78 is 26.6. The molecule has 0 spiro atoms. The first-order chi connectivity index (χ1) is 12.4. The van der Waals surface area contributed by atoms with E-state index in [1.165, 1.54) is 11.4 Å². The largest absolute Gasteiger partial charge is 0.352 e. The molecule has 0 fully saturated rings. The first-order valence-electron chi connectivity index (χ1n) is 8.44. The van der Waals surface area contributed by atoms with E-state index >= 15 is 0 Å². The minimum atomic E-state index is -3.64. The molecular weight excluding hydrogens is 386 g/mol. The molecule has 0 aromatic heterocycles. The molecule has 8 heteroatoms. The van der Waals surface area contributed by atoms with Gasteiger partial charge in [0, 0.05) is 19.2 Å². The summed E-state index contributed by atoms with van der Waals surface area (Å²) in [5.74, 6) is -0.170. The topological polar surface area (TPSA) is 78.5 Å². The fraction of sp³-hybridized carbons (Fsp3) is 0.316. The van der Waals surface area contributed by atoms with E-state index in [4.69, 9.17) is 0 Å². The number of rotatable bonds is 8. The fourth-order valence-corrected chi connectivity index (χ4v) is 3.59. The first kappa shape index (κ1) is 23.0. The SMILES string of the molecule is CNCCCNC(=O)c1ccc(N(C)S(=O)(=O)c2ccc(C)cc2)cc1.Cl. The van der Waals surface area contributed by atoms with Gasteiger partial charge in [0.2, 0.25) is 0 Å². The Morgan fingerprint density at radius 2 is 1.59 bits per heavy atom. The van der Waals surface area contributed by atoms with E-state index in [0.717, 1.165) is 18.5 Å². The van der Waals surface area contributed by atoms with Crippen molar-refractivity contribution >= 4 is 34.0 Å². The van der Waals surface area contributed by atoms with Crippen LogP contribution in [0.15, 0.2) is 53.4 Å². The van der Waals surface area contributed by atoms with Crippen molar-refractivity contribution in [3.05, 3.63) is 59.7 Å². The summed E-state index contributed by atoms with van der Waals surface area (Å²) in [4.78, 5) is 12.3. The summed E-state index contributed by atoms with van der Waals surface area (Å²) in [5.41, 5.74) is 1.99. The van der Waals surface area contributed by atoms with Crippen LogP contribution in [0, 0.1) is 6.92 Å². The molecule has 0 heterocycles. The zero-order valence-corrected chi connectivity index (χ0v) is 17.4. The van der Waals surface area contributed by atoms with Gasteiger partial charge in [-0.15, -0.1) is 12.4 Å². The lowest BCUT2D eigenvalue weighted by molar-refractivity contribution is 0.0953. The Labute approximate surface area is 167 Å². The van der Waals surface area contributed by atoms with Crippen LogP contribution in [0.3, 0.4) is 0 Å². The van der Waals surface area contributed by atoms with Crippen LogP contribution in [0.1, 0.15) is 22.3 Å². The van der Waals surface area contributed by atoms with Crippen molar-refractivity contribution in [2.75, 3.05) is 31.5 Å². The molecule has 6 nitrogen and oxygen atoms in total. The average molecular weight is 412 g/mol. The number of amides is 1. The van der Waals surface area contributed by atoms with E-state index in [-0.39, 0.29) is 23.2 Å². The van der Waals surface area contributed by atoms with Crippen molar-refractivity contribution in [2.24, 2.45) is 0 Å². The molecular formula is C19H26ClN3O3S. The Morgan fingerprint density at radius 3 is 2.15 bits per heavy atom. The van der Waals surface area contributed by atoms with Crippen LogP contribution in [0.25, 0.3) is 0 Å². The van der Waals surface area contributed by atoms with E-state index in [1.807, 2.05) is 14.0 Å². The average Bonchev–Trinajstić information content (AvgIpc) is 2.65. The van der Waals surface area contributed by atoms with Gasteiger partial charge in [-0.2, -0.15) is 0 Å². The maximum Gasteiger partial charge on any atom is 0.264 e. The normalized spacial score (nSPS) is 10.8. The van der Waals surface area contributed by atoms with Crippen LogP contribution in [0.4, 0.5) is 5.69 Å². The lowest BCUT2D eigenvalue weighted by atomic mass is 10.2. The number of sulfonamides is 1. The van der Waals surface area contributed by atoms with Crippen LogP contribution < -0.4 is 14.9 Å². The monoisotopic (exact) mass is 411 g/mol. The van der Waals surface area contributed by atoms with Gasteiger partial charge >= 0.3 is 0 Å². The van der Waals surface area contributed by atoms with E-state index in [2.05, 4.69) is 10.6 Å². The smallest absolute Gasteiger partial charge is 0.264 e. The molecule has 27 heavy (non-hydrogen) atoms. The molecule has 0 aliphatic carbocycles. The molecule has 0 aliphatic rings. The standard InChI is InChI=1S/C19H25N3O3S.ClH/c1-15-5-11-18(12-6-15)26(24,25)22(3)17-9-7-16(8-10-17)19(23)21-14-4-13-20-2;/h5-12,20H,4,13-14H2,1-3H3,(H,21,23);1H. The third-order valence-electron chi connectivity index (χ3n) is 4.06. The molecule has 0 radical (unpaired) electrons. The lowest BCUT2D eigenvalue weighted by Crippen LogP contribution is -2.27. The summed E-state index contributed by atoms with van der Waals surface area (Å²) in [7, 11) is -0.272. The second-order valence-electron chi connectivity index (χ2n) is 6.05. The molecule has 0 aliphatic heterocycles. The van der Waals surface area contributed by atoms with Gasteiger partial charge < -0.3 is 10.6 Å². The molecule has 0 saturated heterocycles. The third kappa shape index (κ3) is 5.95. The molecule has 0 bridgehead atoms. The van der Waals surface area contributed by atoms with Crippen molar-refractivity contribution in [3.63, 3.8) is 0 Å². The molecule has 2 aromatic carbocycles. The third-order valence-corrected chi connectivity index (χ3v) is 5.86. The molecule has 2 rings (SSSR count). The number of carbonyl (C=O) groups is 1. The highest BCUT2D eigenvalue weighted by Crippen LogP contribution is 2.22. The van der Waals surface area contributed by atoms with Crippen molar-refractivity contribution in [2.45, 2.75) is 18.2 Å². The zero-order valence-electron chi connectivity index (χ0n) is 15.7. The number of anilines is 1. The van der Waals surface area contributed by atoms with Crippen LogP contribution in [0.5, 0.6) is 0 Å². The molecule has 2 N–H and O–H groups in total. The fourth-order valence-electron chi connectivity index (χ4n) is 2.40. The highest BCUT2D eigenvalue weighted by Gasteiger charge is 2.21. The van der Waals surface area contributed by atoms with Crippen LogP contribution in [0.2, 0.25) is 0 Å². The van der Waals surface area contributed by atoms with Crippen molar-refractivity contribution in [1.82, 2.24) is 10.6 Å². The maximum atomic E-state index is 12.7. The summed E-state index contributed by atoms with van der Waals surface area (Å²) in [6.45, 7) is 3.33. The molecule has 0 atom stereocenters. The number of hydrogen-bond donors (Lipinski definition) is 2. The van der Waals surface area contributed by atoms with Gasteiger partial charge in [0.25, 0.3) is 15.9 Å². The number of carbonyl (C=O) groups excluding carboxylic acids is 1. The lowest BCUT2D eigenvalue weighted by Gasteiger charge is -2.20.